The minimum absolute atomic E-state index is 0.104. The van der Waals surface area contributed by atoms with Crippen molar-refractivity contribution in [2.24, 2.45) is 23.7 Å². The van der Waals surface area contributed by atoms with E-state index in [1.807, 2.05) is 31.2 Å². The largest absolute Gasteiger partial charge is 0.481 e. The van der Waals surface area contributed by atoms with Crippen LogP contribution < -0.4 is 4.74 Å². The summed E-state index contributed by atoms with van der Waals surface area (Å²) in [5.41, 5.74) is 0.381. The van der Waals surface area contributed by atoms with Gasteiger partial charge in [0.25, 0.3) is 0 Å². The second-order valence-corrected chi connectivity index (χ2v) is 9.93. The number of ether oxygens (including phenoxy) is 3. The van der Waals surface area contributed by atoms with E-state index in [0.717, 1.165) is 31.2 Å². The minimum Gasteiger partial charge on any atom is -0.481 e. The summed E-state index contributed by atoms with van der Waals surface area (Å²) in [6.07, 6.45) is 3.61. The lowest BCUT2D eigenvalue weighted by molar-refractivity contribution is -0.575. The molecule has 7 heteroatoms. The summed E-state index contributed by atoms with van der Waals surface area (Å²) >= 11 is 0. The quantitative estimate of drug-likeness (QED) is 0.695. The Bertz CT molecular complexity index is 826. The molecule has 8 atom stereocenters. The molecule has 5 aliphatic rings. The lowest BCUT2D eigenvalue weighted by Gasteiger charge is -2.60. The zero-order valence-electron chi connectivity index (χ0n) is 18.4. The van der Waals surface area contributed by atoms with Crippen LogP contribution in [0.3, 0.4) is 0 Å². The molecule has 1 saturated carbocycles. The van der Waals surface area contributed by atoms with Crippen LogP contribution in [-0.2, 0) is 30.5 Å². The molecule has 1 aliphatic carbocycles. The number of aliphatic carboxylic acids is 1. The van der Waals surface area contributed by atoms with E-state index in [0.29, 0.717) is 24.0 Å². The predicted octanol–water partition coefficient (Wildman–Crippen LogP) is 4.29. The topological polar surface area (TPSA) is 83.5 Å². The fraction of sp³-hybridized carbons (Fsp3) is 0.708. The summed E-state index contributed by atoms with van der Waals surface area (Å²) in [6, 6.07) is 7.58. The van der Waals surface area contributed by atoms with Gasteiger partial charge in [0.05, 0.1) is 0 Å². The summed E-state index contributed by atoms with van der Waals surface area (Å²) in [5.74, 6) is 0.290. The molecule has 6 rings (SSSR count). The molecule has 4 heterocycles. The Morgan fingerprint density at radius 1 is 1.13 bits per heavy atom. The normalized spacial score (nSPS) is 43.7. The highest BCUT2D eigenvalue weighted by atomic mass is 17.3. The molecule has 1 N–H and O–H groups in total. The molecule has 2 bridgehead atoms. The van der Waals surface area contributed by atoms with Gasteiger partial charge in [0.2, 0.25) is 12.1 Å². The number of carboxylic acids is 1. The number of hydrogen-bond acceptors (Lipinski definition) is 6. The van der Waals surface area contributed by atoms with Crippen molar-refractivity contribution in [3.8, 4) is 5.75 Å². The van der Waals surface area contributed by atoms with Crippen molar-refractivity contribution in [2.45, 2.75) is 83.3 Å². The van der Waals surface area contributed by atoms with E-state index in [9.17, 15) is 4.79 Å². The molecular formula is C24H32O7. The highest BCUT2D eigenvalue weighted by molar-refractivity contribution is 5.67. The summed E-state index contributed by atoms with van der Waals surface area (Å²) in [5, 5.41) is 8.87. The van der Waals surface area contributed by atoms with Gasteiger partial charge in [-0.15, -0.1) is 0 Å². The van der Waals surface area contributed by atoms with Gasteiger partial charge in [-0.1, -0.05) is 26.0 Å². The lowest BCUT2D eigenvalue weighted by atomic mass is 9.58. The van der Waals surface area contributed by atoms with Gasteiger partial charge in [0.15, 0.2) is 11.9 Å². The molecule has 4 aliphatic heterocycles. The highest BCUT2D eigenvalue weighted by Crippen LogP contribution is 2.60. The summed E-state index contributed by atoms with van der Waals surface area (Å²) in [4.78, 5) is 22.8. The fourth-order valence-electron chi connectivity index (χ4n) is 6.13. The van der Waals surface area contributed by atoms with Gasteiger partial charge in [-0.05, 0) is 62.1 Å². The number of carbonyl (C=O) groups is 1. The number of benzene rings is 1. The minimum atomic E-state index is -0.797. The lowest BCUT2D eigenvalue weighted by Crippen LogP contribution is -2.70. The molecule has 4 saturated heterocycles. The fourth-order valence-corrected chi connectivity index (χ4v) is 6.13. The van der Waals surface area contributed by atoms with E-state index in [4.69, 9.17) is 29.1 Å². The van der Waals surface area contributed by atoms with Crippen molar-refractivity contribution >= 4 is 5.97 Å². The first kappa shape index (κ1) is 21.2. The first-order chi connectivity index (χ1) is 14.8. The average Bonchev–Trinajstić information content (AvgIpc) is 2.97. The van der Waals surface area contributed by atoms with Crippen LogP contribution in [0.2, 0.25) is 0 Å². The van der Waals surface area contributed by atoms with Gasteiger partial charge in [-0.3, -0.25) is 4.79 Å². The number of aryl methyl sites for hydroxylation is 1. The maximum absolute atomic E-state index is 10.8. The molecule has 1 spiro atoms. The molecule has 0 amide bonds. The van der Waals surface area contributed by atoms with E-state index in [1.54, 1.807) is 0 Å². The second-order valence-electron chi connectivity index (χ2n) is 9.93. The second kappa shape index (κ2) is 7.73. The van der Waals surface area contributed by atoms with E-state index in [-0.39, 0.29) is 18.3 Å². The Morgan fingerprint density at radius 3 is 2.65 bits per heavy atom. The van der Waals surface area contributed by atoms with Crippen LogP contribution in [0.15, 0.2) is 24.3 Å². The standard InChI is InChI=1S/C24H32O7/c1-14-4-10-19-15(2)21(27-17-8-5-16(6-9-17)7-11-20(25)26)28-22-24(19)18(14)12-13-23(3,29-22)30-31-24/h5-6,8-9,14-15,18-19,21-22H,4,7,10-13H2,1-3H3,(H,25,26)/t14-,15-,18+,19+,21+,22-,23+,24-/m1/s1. The Kier molecular flexibility index (Phi) is 5.28. The monoisotopic (exact) mass is 432 g/mol. The van der Waals surface area contributed by atoms with E-state index >= 15 is 0 Å². The first-order valence-corrected chi connectivity index (χ1v) is 11.5. The molecular weight excluding hydrogens is 400 g/mol. The number of rotatable bonds is 5. The van der Waals surface area contributed by atoms with Crippen LogP contribution in [0.5, 0.6) is 5.75 Å². The van der Waals surface area contributed by atoms with E-state index in [2.05, 4.69) is 13.8 Å². The molecule has 7 nitrogen and oxygen atoms in total. The van der Waals surface area contributed by atoms with Crippen LogP contribution in [0.1, 0.15) is 58.4 Å². The molecule has 170 valence electrons. The number of hydrogen-bond donors (Lipinski definition) is 1. The Balaban J connectivity index is 1.37. The van der Waals surface area contributed by atoms with E-state index in [1.165, 1.54) is 0 Å². The Morgan fingerprint density at radius 2 is 1.90 bits per heavy atom. The van der Waals surface area contributed by atoms with Crippen molar-refractivity contribution < 1.29 is 33.9 Å². The molecule has 0 aromatic heterocycles. The van der Waals surface area contributed by atoms with Crippen molar-refractivity contribution in [1.29, 1.82) is 0 Å². The number of carboxylic acid groups (broad SMARTS) is 1. The van der Waals surface area contributed by atoms with Crippen LogP contribution in [-0.4, -0.2) is 35.0 Å². The Labute approximate surface area is 182 Å². The zero-order valence-corrected chi connectivity index (χ0v) is 18.4. The molecule has 0 radical (unpaired) electrons. The van der Waals surface area contributed by atoms with Gasteiger partial charge < -0.3 is 19.3 Å². The van der Waals surface area contributed by atoms with Gasteiger partial charge in [-0.2, -0.15) is 0 Å². The van der Waals surface area contributed by atoms with Crippen LogP contribution in [0.4, 0.5) is 0 Å². The van der Waals surface area contributed by atoms with Gasteiger partial charge in [0, 0.05) is 24.7 Å². The maximum atomic E-state index is 10.8. The number of fused-ring (bicyclic) bond motifs is 2. The third kappa shape index (κ3) is 3.55. The molecule has 31 heavy (non-hydrogen) atoms. The Hall–Kier alpha value is -1.67. The zero-order chi connectivity index (χ0) is 21.8. The van der Waals surface area contributed by atoms with Gasteiger partial charge in [0.1, 0.15) is 5.75 Å². The molecule has 1 aromatic carbocycles. The predicted molar refractivity (Wildman–Crippen MR) is 110 cm³/mol. The third-order valence-corrected chi connectivity index (χ3v) is 7.90. The maximum Gasteiger partial charge on any atom is 0.303 e. The van der Waals surface area contributed by atoms with Crippen molar-refractivity contribution in [1.82, 2.24) is 0 Å². The van der Waals surface area contributed by atoms with Crippen molar-refractivity contribution in [2.75, 3.05) is 0 Å². The first-order valence-electron chi connectivity index (χ1n) is 11.5. The molecule has 1 aromatic rings. The average molecular weight is 433 g/mol. The molecule has 0 unspecified atom stereocenters. The summed E-state index contributed by atoms with van der Waals surface area (Å²) < 4.78 is 19.1. The summed E-state index contributed by atoms with van der Waals surface area (Å²) in [6.45, 7) is 6.39. The van der Waals surface area contributed by atoms with Gasteiger partial charge >= 0.3 is 5.97 Å². The van der Waals surface area contributed by atoms with Crippen molar-refractivity contribution in [3.63, 3.8) is 0 Å². The smallest absolute Gasteiger partial charge is 0.303 e. The van der Waals surface area contributed by atoms with E-state index < -0.39 is 29.9 Å². The van der Waals surface area contributed by atoms with Crippen LogP contribution in [0.25, 0.3) is 0 Å². The SMILES string of the molecule is C[C@H]1[C@@H](Oc2ccc(CCC(=O)O)cc2)O[C@@H]2O[C@]3(C)CC[C@H]4[C@H](C)CC[C@@H]1[C@@]24OO3. The molecule has 5 fully saturated rings. The van der Waals surface area contributed by atoms with Crippen LogP contribution in [0, 0.1) is 23.7 Å². The summed E-state index contributed by atoms with van der Waals surface area (Å²) in [7, 11) is 0. The van der Waals surface area contributed by atoms with Crippen molar-refractivity contribution in [3.05, 3.63) is 29.8 Å². The van der Waals surface area contributed by atoms with Gasteiger partial charge in [-0.25, -0.2) is 9.78 Å². The highest BCUT2D eigenvalue weighted by Gasteiger charge is 2.69. The third-order valence-electron chi connectivity index (χ3n) is 7.90. The van der Waals surface area contributed by atoms with Crippen LogP contribution >= 0.6 is 0 Å².